The zero-order valence-electron chi connectivity index (χ0n) is 17.0. The topological polar surface area (TPSA) is 70.3 Å². The van der Waals surface area contributed by atoms with Gasteiger partial charge in [0.2, 0.25) is 0 Å². The second-order valence-electron chi connectivity index (χ2n) is 7.17. The number of carbonyl (C=O) groups is 1. The maximum absolute atomic E-state index is 13.7. The van der Waals surface area contributed by atoms with Gasteiger partial charge in [0.15, 0.2) is 0 Å². The average Bonchev–Trinajstić information content (AvgIpc) is 2.81. The van der Waals surface area contributed by atoms with Crippen LogP contribution in [-0.4, -0.2) is 11.1 Å². The first-order valence-electron chi connectivity index (χ1n) is 9.89. The minimum Gasteiger partial charge on any atom is -0.488 e. The highest BCUT2D eigenvalue weighted by Gasteiger charge is 2.11. The van der Waals surface area contributed by atoms with Crippen molar-refractivity contribution in [2.75, 3.05) is 0 Å². The van der Waals surface area contributed by atoms with Gasteiger partial charge in [-0.05, 0) is 58.3 Å². The van der Waals surface area contributed by atoms with Crippen LogP contribution in [0.1, 0.15) is 27.0 Å². The summed E-state index contributed by atoms with van der Waals surface area (Å²) in [6, 6.07) is 26.0. The number of fused-ring (bicyclic) bond motifs is 1. The summed E-state index contributed by atoms with van der Waals surface area (Å²) in [5, 5.41) is 20.7. The molecule has 0 fully saturated rings. The molecule has 4 nitrogen and oxygen atoms in total. The second-order valence-corrected chi connectivity index (χ2v) is 7.17. The molecule has 4 aromatic carbocycles. The van der Waals surface area contributed by atoms with Crippen molar-refractivity contribution in [1.29, 1.82) is 5.26 Å². The number of aromatic carboxylic acids is 1. The number of hydrogen-bond donors (Lipinski definition) is 1. The number of nitrogens with zero attached hydrogens (tertiary/aromatic N) is 1. The van der Waals surface area contributed by atoms with Crippen LogP contribution in [0.25, 0.3) is 22.4 Å². The van der Waals surface area contributed by atoms with E-state index in [2.05, 4.69) is 6.07 Å². The summed E-state index contributed by atoms with van der Waals surface area (Å²) in [5.74, 6) is -0.834. The van der Waals surface area contributed by atoms with E-state index in [1.807, 2.05) is 36.4 Å². The molecule has 4 aromatic rings. The molecule has 0 unspecified atom stereocenters. The summed E-state index contributed by atoms with van der Waals surface area (Å²) in [4.78, 5) is 11.0. The predicted molar refractivity (Wildman–Crippen MR) is 122 cm³/mol. The maximum Gasteiger partial charge on any atom is 0.335 e. The van der Waals surface area contributed by atoms with E-state index in [-0.39, 0.29) is 12.2 Å². The van der Waals surface area contributed by atoms with E-state index in [0.717, 1.165) is 16.3 Å². The molecular weight excluding hydrogens is 405 g/mol. The molecule has 156 valence electrons. The van der Waals surface area contributed by atoms with Crippen molar-refractivity contribution >= 4 is 28.4 Å². The van der Waals surface area contributed by atoms with Gasteiger partial charge in [0.1, 0.15) is 18.2 Å². The van der Waals surface area contributed by atoms with Crippen molar-refractivity contribution in [3.8, 4) is 11.8 Å². The lowest BCUT2D eigenvalue weighted by molar-refractivity contribution is 0.0697. The van der Waals surface area contributed by atoms with E-state index in [4.69, 9.17) is 9.84 Å². The fraction of sp³-hybridized carbons (Fsp3) is 0.0370. The number of halogens is 1. The summed E-state index contributed by atoms with van der Waals surface area (Å²) >= 11 is 0. The van der Waals surface area contributed by atoms with E-state index >= 15 is 0 Å². The van der Waals surface area contributed by atoms with Crippen molar-refractivity contribution in [2.45, 2.75) is 6.61 Å². The Morgan fingerprint density at radius 1 is 0.969 bits per heavy atom. The molecule has 5 heteroatoms. The fourth-order valence-corrected chi connectivity index (χ4v) is 3.44. The zero-order valence-corrected chi connectivity index (χ0v) is 17.0. The van der Waals surface area contributed by atoms with E-state index in [0.29, 0.717) is 22.4 Å². The second kappa shape index (κ2) is 9.15. The number of nitriles is 1. The largest absolute Gasteiger partial charge is 0.488 e. The summed E-state index contributed by atoms with van der Waals surface area (Å²) in [7, 11) is 0. The van der Waals surface area contributed by atoms with Gasteiger partial charge in [-0.15, -0.1) is 0 Å². The molecule has 4 rings (SSSR count). The normalized spacial score (nSPS) is 11.2. The molecule has 0 saturated heterocycles. The van der Waals surface area contributed by atoms with Crippen molar-refractivity contribution in [2.24, 2.45) is 0 Å². The van der Waals surface area contributed by atoms with Crippen LogP contribution in [0.4, 0.5) is 4.39 Å². The molecule has 0 aromatic heterocycles. The third-order valence-electron chi connectivity index (χ3n) is 5.07. The summed E-state index contributed by atoms with van der Waals surface area (Å²) in [6.45, 7) is 0.223. The number of ether oxygens (including phenoxy) is 1. The van der Waals surface area contributed by atoms with Crippen LogP contribution in [0.2, 0.25) is 0 Å². The first kappa shape index (κ1) is 20.8. The first-order valence-corrected chi connectivity index (χ1v) is 9.89. The molecule has 0 saturated carbocycles. The van der Waals surface area contributed by atoms with Gasteiger partial charge in [-0.2, -0.15) is 5.26 Å². The summed E-state index contributed by atoms with van der Waals surface area (Å²) in [5.41, 5.74) is 2.53. The Morgan fingerprint density at radius 3 is 2.47 bits per heavy atom. The van der Waals surface area contributed by atoms with Gasteiger partial charge in [-0.25, -0.2) is 9.18 Å². The first-order chi connectivity index (χ1) is 15.5. The molecule has 0 bridgehead atoms. The van der Waals surface area contributed by atoms with E-state index in [1.54, 1.807) is 30.3 Å². The zero-order chi connectivity index (χ0) is 22.5. The number of carboxylic acids is 1. The SMILES string of the molecule is N#C/C(=C/c1c(OCc2ccc(C(=O)O)cc2)ccc2ccccc12)c1cccc(F)c1. The van der Waals surface area contributed by atoms with Crippen molar-refractivity contribution in [3.05, 3.63) is 113 Å². The molecule has 0 heterocycles. The summed E-state index contributed by atoms with van der Waals surface area (Å²) < 4.78 is 19.8. The molecule has 32 heavy (non-hydrogen) atoms. The average molecular weight is 423 g/mol. The van der Waals surface area contributed by atoms with Crippen LogP contribution in [0.5, 0.6) is 5.75 Å². The molecule has 1 N–H and O–H groups in total. The Hall–Kier alpha value is -4.43. The van der Waals surface area contributed by atoms with Gasteiger partial charge < -0.3 is 9.84 Å². The monoisotopic (exact) mass is 423 g/mol. The lowest BCUT2D eigenvalue weighted by atomic mass is 9.98. The van der Waals surface area contributed by atoms with Crippen LogP contribution < -0.4 is 4.74 Å². The Balaban J connectivity index is 1.74. The van der Waals surface area contributed by atoms with Crippen LogP contribution in [0.3, 0.4) is 0 Å². The van der Waals surface area contributed by atoms with Crippen LogP contribution >= 0.6 is 0 Å². The molecule has 0 amide bonds. The van der Waals surface area contributed by atoms with E-state index in [9.17, 15) is 14.4 Å². The van der Waals surface area contributed by atoms with Gasteiger partial charge in [0, 0.05) is 5.56 Å². The number of hydrogen-bond acceptors (Lipinski definition) is 3. The highest BCUT2D eigenvalue weighted by molar-refractivity contribution is 6.00. The van der Waals surface area contributed by atoms with Crippen molar-refractivity contribution in [1.82, 2.24) is 0 Å². The smallest absolute Gasteiger partial charge is 0.335 e. The lowest BCUT2D eigenvalue weighted by Gasteiger charge is -2.13. The van der Waals surface area contributed by atoms with Crippen LogP contribution in [0.15, 0.2) is 84.9 Å². The fourth-order valence-electron chi connectivity index (χ4n) is 3.44. The highest BCUT2D eigenvalue weighted by atomic mass is 19.1. The Labute approximate surface area is 184 Å². The van der Waals surface area contributed by atoms with Crippen molar-refractivity contribution in [3.63, 3.8) is 0 Å². The molecule has 0 aliphatic carbocycles. The number of benzene rings is 4. The quantitative estimate of drug-likeness (QED) is 0.291. The highest BCUT2D eigenvalue weighted by Crippen LogP contribution is 2.32. The van der Waals surface area contributed by atoms with Crippen LogP contribution in [-0.2, 0) is 6.61 Å². The van der Waals surface area contributed by atoms with Gasteiger partial charge in [0.25, 0.3) is 0 Å². The third kappa shape index (κ3) is 4.50. The standard InChI is InChI=1S/C27H18FNO3/c28-23-6-3-5-21(14-23)22(16-29)15-25-24-7-2-1-4-19(24)12-13-26(25)32-17-18-8-10-20(11-9-18)27(30)31/h1-15H,17H2,(H,30,31)/b22-15-. The Bertz CT molecular complexity index is 1370. The molecule has 0 aliphatic rings. The molecule has 0 atom stereocenters. The van der Waals surface area contributed by atoms with Gasteiger partial charge in [0.05, 0.1) is 17.2 Å². The Morgan fingerprint density at radius 2 is 1.75 bits per heavy atom. The third-order valence-corrected chi connectivity index (χ3v) is 5.07. The number of carboxylic acid groups (broad SMARTS) is 1. The van der Waals surface area contributed by atoms with Gasteiger partial charge in [-0.3, -0.25) is 0 Å². The van der Waals surface area contributed by atoms with Gasteiger partial charge in [-0.1, -0.05) is 54.6 Å². The minimum absolute atomic E-state index is 0.205. The summed E-state index contributed by atoms with van der Waals surface area (Å²) in [6.07, 6.45) is 1.71. The van der Waals surface area contributed by atoms with Crippen molar-refractivity contribution < 1.29 is 19.0 Å². The predicted octanol–water partition coefficient (Wildman–Crippen LogP) is 6.32. The number of allylic oxidation sites excluding steroid dienone is 1. The number of rotatable bonds is 6. The van der Waals surface area contributed by atoms with Crippen LogP contribution in [0, 0.1) is 17.1 Å². The minimum atomic E-state index is -0.985. The van der Waals surface area contributed by atoms with Gasteiger partial charge >= 0.3 is 5.97 Å². The van der Waals surface area contributed by atoms with E-state index in [1.165, 1.54) is 24.3 Å². The maximum atomic E-state index is 13.7. The molecule has 0 aliphatic heterocycles. The van der Waals surface area contributed by atoms with E-state index < -0.39 is 11.8 Å². The molecule has 0 spiro atoms. The molecular formula is C27H18FNO3. The Kier molecular flexibility index (Phi) is 5.96. The molecule has 0 radical (unpaired) electrons. The lowest BCUT2D eigenvalue weighted by Crippen LogP contribution is -2.00.